The molecule has 0 atom stereocenters. The molecule has 0 aromatic carbocycles. The Bertz CT molecular complexity index is 662. The number of rotatable bonds is 1. The van der Waals surface area contributed by atoms with Gasteiger partial charge in [0, 0.05) is 0 Å². The summed E-state index contributed by atoms with van der Waals surface area (Å²) in [5, 5.41) is 10.5. The molecule has 0 fully saturated rings. The molecule has 0 spiro atoms. The second kappa shape index (κ2) is 2.77. The Labute approximate surface area is 80.5 Å². The van der Waals surface area contributed by atoms with Gasteiger partial charge in [0.15, 0.2) is 0 Å². The van der Waals surface area contributed by atoms with E-state index in [-0.39, 0.29) is 11.2 Å². The second-order valence-corrected chi connectivity index (χ2v) is 2.83. The van der Waals surface area contributed by atoms with Gasteiger partial charge in [-0.3, -0.25) is 14.8 Å². The third-order valence-corrected chi connectivity index (χ3v) is 1.91. The van der Waals surface area contributed by atoms with Crippen LogP contribution in [0.3, 0.4) is 0 Å². The molecule has 0 saturated heterocycles. The number of aryl methyl sites for hydroxylation is 1. The van der Waals surface area contributed by atoms with Crippen molar-refractivity contribution in [3.63, 3.8) is 0 Å². The predicted octanol–water partition coefficient (Wildman–Crippen LogP) is -1.14. The summed E-state index contributed by atoms with van der Waals surface area (Å²) >= 11 is 0. The molecular formula is C6H5N5O4. The minimum atomic E-state index is -0.752. The molecule has 0 aliphatic carbocycles. The van der Waals surface area contributed by atoms with Crippen molar-refractivity contribution in [2.45, 2.75) is 0 Å². The third kappa shape index (κ3) is 1.21. The first-order valence-electron chi connectivity index (χ1n) is 3.84. The molecule has 0 saturated carbocycles. The van der Waals surface area contributed by atoms with Gasteiger partial charge >= 0.3 is 11.6 Å². The van der Waals surface area contributed by atoms with Gasteiger partial charge in [0.05, 0.1) is 7.05 Å². The van der Waals surface area contributed by atoms with Gasteiger partial charge in [-0.15, -0.1) is 0 Å². The van der Waals surface area contributed by atoms with Crippen LogP contribution in [-0.2, 0) is 7.05 Å². The fourth-order valence-electron chi connectivity index (χ4n) is 1.25. The Morgan fingerprint density at radius 3 is 2.67 bits per heavy atom. The molecule has 9 nitrogen and oxygen atoms in total. The summed E-state index contributed by atoms with van der Waals surface area (Å²) in [6.07, 6.45) is 0. The van der Waals surface area contributed by atoms with Gasteiger partial charge < -0.3 is 10.1 Å². The summed E-state index contributed by atoms with van der Waals surface area (Å²) in [4.78, 5) is 39.6. The Morgan fingerprint density at radius 2 is 2.07 bits per heavy atom. The van der Waals surface area contributed by atoms with Gasteiger partial charge in [-0.05, 0) is 4.92 Å². The number of imidazole rings is 1. The van der Waals surface area contributed by atoms with E-state index < -0.39 is 22.1 Å². The van der Waals surface area contributed by atoms with Crippen LogP contribution in [0.2, 0.25) is 0 Å². The van der Waals surface area contributed by atoms with Crippen LogP contribution < -0.4 is 11.2 Å². The lowest BCUT2D eigenvalue weighted by Gasteiger charge is -1.92. The molecule has 2 aromatic heterocycles. The molecule has 2 aromatic rings. The summed E-state index contributed by atoms with van der Waals surface area (Å²) < 4.78 is 1.03. The smallest absolute Gasteiger partial charge is 0.390 e. The van der Waals surface area contributed by atoms with Gasteiger partial charge in [0.2, 0.25) is 5.65 Å². The summed E-state index contributed by atoms with van der Waals surface area (Å²) in [6, 6.07) is 0. The normalized spacial score (nSPS) is 10.7. The van der Waals surface area contributed by atoms with Crippen LogP contribution in [0.5, 0.6) is 0 Å². The molecule has 2 N–H and O–H groups in total. The Morgan fingerprint density at radius 1 is 1.40 bits per heavy atom. The van der Waals surface area contributed by atoms with Crippen LogP contribution in [0.25, 0.3) is 11.2 Å². The summed E-state index contributed by atoms with van der Waals surface area (Å²) in [5.74, 6) is -0.502. The first-order valence-corrected chi connectivity index (χ1v) is 3.84. The van der Waals surface area contributed by atoms with E-state index in [9.17, 15) is 19.7 Å². The van der Waals surface area contributed by atoms with Crippen LogP contribution in [0.1, 0.15) is 0 Å². The number of hydrogen-bond acceptors (Lipinski definition) is 5. The van der Waals surface area contributed by atoms with Crippen LogP contribution >= 0.6 is 0 Å². The molecule has 9 heteroatoms. The van der Waals surface area contributed by atoms with Crippen molar-refractivity contribution in [3.8, 4) is 0 Å². The molecule has 0 bridgehead atoms. The van der Waals surface area contributed by atoms with E-state index in [4.69, 9.17) is 0 Å². The van der Waals surface area contributed by atoms with Crippen molar-refractivity contribution >= 4 is 17.1 Å². The minimum Gasteiger partial charge on any atom is -0.390 e. The summed E-state index contributed by atoms with van der Waals surface area (Å²) in [6.45, 7) is 0. The highest BCUT2D eigenvalue weighted by atomic mass is 16.6. The van der Waals surface area contributed by atoms with E-state index in [1.165, 1.54) is 7.05 Å². The van der Waals surface area contributed by atoms with E-state index in [1.54, 1.807) is 0 Å². The quantitative estimate of drug-likeness (QED) is 0.455. The average Bonchev–Trinajstić information content (AvgIpc) is 2.44. The standard InChI is InChI=1S/C6H5N5O4/c1-10-3-2(7-6(10)11(14)15)4(12)9-5(13)8-3/h1H3,(H2,8,9,12,13). The van der Waals surface area contributed by atoms with E-state index in [2.05, 4.69) is 9.97 Å². The lowest BCUT2D eigenvalue weighted by Crippen LogP contribution is -2.22. The van der Waals surface area contributed by atoms with E-state index in [1.807, 2.05) is 4.98 Å². The zero-order chi connectivity index (χ0) is 11.2. The van der Waals surface area contributed by atoms with Gasteiger partial charge in [0.1, 0.15) is 0 Å². The van der Waals surface area contributed by atoms with Gasteiger partial charge in [0.25, 0.3) is 11.1 Å². The molecule has 0 aliphatic heterocycles. The Hall–Kier alpha value is -2.45. The highest BCUT2D eigenvalue weighted by Crippen LogP contribution is 2.12. The molecule has 0 radical (unpaired) electrons. The zero-order valence-corrected chi connectivity index (χ0v) is 7.47. The molecule has 0 aliphatic rings. The topological polar surface area (TPSA) is 127 Å². The lowest BCUT2D eigenvalue weighted by molar-refractivity contribution is -0.396. The third-order valence-electron chi connectivity index (χ3n) is 1.91. The highest BCUT2D eigenvalue weighted by Gasteiger charge is 2.21. The fourth-order valence-corrected chi connectivity index (χ4v) is 1.25. The number of H-pyrrole nitrogens is 2. The van der Waals surface area contributed by atoms with Crippen molar-refractivity contribution in [3.05, 3.63) is 31.0 Å². The Balaban J connectivity index is 3.01. The maximum Gasteiger partial charge on any atom is 0.436 e. The molecule has 0 amide bonds. The fraction of sp³-hybridized carbons (Fsp3) is 0.167. The van der Waals surface area contributed by atoms with Crippen molar-refractivity contribution in [2.24, 2.45) is 7.05 Å². The van der Waals surface area contributed by atoms with Crippen LogP contribution in [0, 0.1) is 10.1 Å². The molecule has 2 rings (SSSR count). The largest absolute Gasteiger partial charge is 0.436 e. The maximum atomic E-state index is 11.2. The molecular weight excluding hydrogens is 206 g/mol. The number of aromatic nitrogens is 4. The molecule has 0 unspecified atom stereocenters. The second-order valence-electron chi connectivity index (χ2n) is 2.83. The number of nitrogens with zero attached hydrogens (tertiary/aromatic N) is 3. The first-order chi connectivity index (χ1) is 7.00. The van der Waals surface area contributed by atoms with E-state index >= 15 is 0 Å². The maximum absolute atomic E-state index is 11.2. The number of hydrogen-bond donors (Lipinski definition) is 2. The van der Waals surface area contributed by atoms with E-state index in [0.717, 1.165) is 4.57 Å². The molecule has 15 heavy (non-hydrogen) atoms. The average molecular weight is 211 g/mol. The van der Waals surface area contributed by atoms with Gasteiger partial charge in [-0.25, -0.2) is 9.36 Å². The van der Waals surface area contributed by atoms with Crippen LogP contribution in [-0.4, -0.2) is 24.4 Å². The monoisotopic (exact) mass is 211 g/mol. The SMILES string of the molecule is Cn1c([N+](=O)[O-])nc2c(=O)[nH]c(=O)[nH]c21. The number of aromatic amines is 2. The van der Waals surface area contributed by atoms with Crippen molar-refractivity contribution in [1.29, 1.82) is 0 Å². The minimum absolute atomic E-state index is 0.0236. The first kappa shape index (κ1) is 9.12. The van der Waals surface area contributed by atoms with E-state index in [0.29, 0.717) is 0 Å². The van der Waals surface area contributed by atoms with Crippen molar-refractivity contribution < 1.29 is 4.92 Å². The zero-order valence-electron chi connectivity index (χ0n) is 7.47. The highest BCUT2D eigenvalue weighted by molar-refractivity contribution is 5.71. The summed E-state index contributed by atoms with van der Waals surface area (Å²) in [7, 11) is 1.34. The number of nitro groups is 1. The molecule has 2 heterocycles. The van der Waals surface area contributed by atoms with Gasteiger partial charge in [-0.1, -0.05) is 4.98 Å². The van der Waals surface area contributed by atoms with Crippen LogP contribution in [0.4, 0.5) is 5.95 Å². The van der Waals surface area contributed by atoms with Crippen molar-refractivity contribution in [2.75, 3.05) is 0 Å². The lowest BCUT2D eigenvalue weighted by atomic mass is 10.5. The van der Waals surface area contributed by atoms with Crippen LogP contribution in [0.15, 0.2) is 9.59 Å². The Kier molecular flexibility index (Phi) is 1.68. The van der Waals surface area contributed by atoms with Gasteiger partial charge in [-0.2, -0.15) is 0 Å². The number of fused-ring (bicyclic) bond motifs is 1. The predicted molar refractivity (Wildman–Crippen MR) is 48.6 cm³/mol. The molecule has 78 valence electrons. The number of nitrogens with one attached hydrogen (secondary N) is 2. The summed E-state index contributed by atoms with van der Waals surface area (Å²) in [5.41, 5.74) is -1.62. The van der Waals surface area contributed by atoms with Crippen molar-refractivity contribution in [1.82, 2.24) is 19.5 Å².